The molecule has 1 aromatic carbocycles. The molecule has 0 aliphatic rings. The summed E-state index contributed by atoms with van der Waals surface area (Å²) in [5.41, 5.74) is 0.435. The van der Waals surface area contributed by atoms with Gasteiger partial charge in [0.05, 0.1) is 0 Å². The molecule has 0 unspecified atom stereocenters. The van der Waals surface area contributed by atoms with Gasteiger partial charge in [0.15, 0.2) is 6.10 Å². The number of carboxylic acids is 1. The average Bonchev–Trinajstić information content (AvgIpc) is 2.35. The van der Waals surface area contributed by atoms with Crippen molar-refractivity contribution in [3.8, 4) is 0 Å². The predicted molar refractivity (Wildman–Crippen MR) is 61.3 cm³/mol. The van der Waals surface area contributed by atoms with Gasteiger partial charge in [-0.2, -0.15) is 0 Å². The first-order chi connectivity index (χ1) is 8.06. The van der Waals surface area contributed by atoms with Crippen LogP contribution in [0, 0.1) is 0 Å². The third-order valence-electron chi connectivity index (χ3n) is 2.39. The van der Waals surface area contributed by atoms with Gasteiger partial charge in [-0.25, -0.2) is 4.79 Å². The molecule has 0 fully saturated rings. The van der Waals surface area contributed by atoms with Gasteiger partial charge in [-0.15, -0.1) is 0 Å². The molecule has 0 radical (unpaired) electrons. The zero-order valence-electron chi connectivity index (χ0n) is 9.46. The minimum atomic E-state index is -1.34. The van der Waals surface area contributed by atoms with Crippen LogP contribution in [-0.2, 0) is 9.59 Å². The van der Waals surface area contributed by atoms with Crippen LogP contribution in [0.25, 0.3) is 0 Å². The number of aliphatic hydroxyl groups is 1. The number of benzene rings is 1. The van der Waals surface area contributed by atoms with Gasteiger partial charge in [0.25, 0.3) is 5.91 Å². The Morgan fingerprint density at radius 3 is 2.35 bits per heavy atom. The molecule has 17 heavy (non-hydrogen) atoms. The summed E-state index contributed by atoms with van der Waals surface area (Å²) < 4.78 is 0. The Kier molecular flexibility index (Phi) is 4.66. The quantitative estimate of drug-likeness (QED) is 0.703. The molecule has 5 nitrogen and oxygen atoms in total. The summed E-state index contributed by atoms with van der Waals surface area (Å²) in [6.45, 7) is 1.65. The Morgan fingerprint density at radius 1 is 1.29 bits per heavy atom. The van der Waals surface area contributed by atoms with Gasteiger partial charge >= 0.3 is 5.97 Å². The van der Waals surface area contributed by atoms with Crippen molar-refractivity contribution in [2.75, 3.05) is 0 Å². The molecule has 5 heteroatoms. The van der Waals surface area contributed by atoms with Crippen molar-refractivity contribution < 1.29 is 19.8 Å². The maximum Gasteiger partial charge on any atom is 0.326 e. The highest BCUT2D eigenvalue weighted by atomic mass is 16.4. The van der Waals surface area contributed by atoms with Crippen molar-refractivity contribution in [2.24, 2.45) is 0 Å². The summed E-state index contributed by atoms with van der Waals surface area (Å²) >= 11 is 0. The van der Waals surface area contributed by atoms with Crippen LogP contribution >= 0.6 is 0 Å². The van der Waals surface area contributed by atoms with Crippen molar-refractivity contribution in [2.45, 2.75) is 25.5 Å². The highest BCUT2D eigenvalue weighted by Gasteiger charge is 2.23. The number of carbonyl (C=O) groups excluding carboxylic acids is 1. The molecule has 0 heterocycles. The number of nitrogens with one attached hydrogen (secondary N) is 1. The zero-order chi connectivity index (χ0) is 12.8. The highest BCUT2D eigenvalue weighted by molar-refractivity contribution is 5.86. The van der Waals surface area contributed by atoms with Gasteiger partial charge < -0.3 is 15.5 Å². The van der Waals surface area contributed by atoms with E-state index in [0.717, 1.165) is 0 Å². The summed E-state index contributed by atoms with van der Waals surface area (Å²) in [5, 5.41) is 20.8. The van der Waals surface area contributed by atoms with E-state index in [2.05, 4.69) is 5.32 Å². The molecule has 2 atom stereocenters. The topological polar surface area (TPSA) is 86.6 Å². The maximum absolute atomic E-state index is 11.6. The summed E-state index contributed by atoms with van der Waals surface area (Å²) in [6, 6.07) is 7.39. The van der Waals surface area contributed by atoms with Crippen LogP contribution in [0.4, 0.5) is 0 Å². The molecule has 0 spiro atoms. The number of hydrogen-bond acceptors (Lipinski definition) is 3. The fraction of sp³-hybridized carbons (Fsp3) is 0.333. The molecular formula is C12H15NO4. The van der Waals surface area contributed by atoms with Crippen LogP contribution < -0.4 is 5.32 Å². The Balaban J connectivity index is 2.68. The van der Waals surface area contributed by atoms with Crippen molar-refractivity contribution >= 4 is 11.9 Å². The van der Waals surface area contributed by atoms with Gasteiger partial charge in [-0.3, -0.25) is 4.79 Å². The summed E-state index contributed by atoms with van der Waals surface area (Å²) in [5.74, 6) is -1.81. The van der Waals surface area contributed by atoms with Crippen molar-refractivity contribution in [3.63, 3.8) is 0 Å². The Bertz CT molecular complexity index is 391. The van der Waals surface area contributed by atoms with E-state index in [0.29, 0.717) is 5.56 Å². The number of aliphatic carboxylic acids is 1. The van der Waals surface area contributed by atoms with Gasteiger partial charge in [-0.05, 0) is 12.0 Å². The lowest BCUT2D eigenvalue weighted by molar-refractivity contribution is -0.143. The van der Waals surface area contributed by atoms with Crippen molar-refractivity contribution in [1.29, 1.82) is 0 Å². The maximum atomic E-state index is 11.6. The molecule has 0 aliphatic carbocycles. The largest absolute Gasteiger partial charge is 0.480 e. The molecule has 0 aromatic heterocycles. The van der Waals surface area contributed by atoms with Crippen LogP contribution in [0.1, 0.15) is 25.0 Å². The van der Waals surface area contributed by atoms with E-state index < -0.39 is 24.0 Å². The number of carboxylic acid groups (broad SMARTS) is 1. The van der Waals surface area contributed by atoms with E-state index >= 15 is 0 Å². The van der Waals surface area contributed by atoms with Crippen LogP contribution in [0.2, 0.25) is 0 Å². The van der Waals surface area contributed by atoms with Crippen LogP contribution in [0.15, 0.2) is 30.3 Å². The molecular weight excluding hydrogens is 222 g/mol. The summed E-state index contributed by atoms with van der Waals surface area (Å²) in [6.07, 6.45) is -1.08. The van der Waals surface area contributed by atoms with Gasteiger partial charge in [-0.1, -0.05) is 37.3 Å². The lowest BCUT2D eigenvalue weighted by atomic mass is 10.1. The molecule has 0 aliphatic heterocycles. The second-order valence-corrected chi connectivity index (χ2v) is 3.62. The lowest BCUT2D eigenvalue weighted by Gasteiger charge is -2.15. The molecule has 1 aromatic rings. The first-order valence-electron chi connectivity index (χ1n) is 5.32. The Hall–Kier alpha value is -1.88. The molecule has 92 valence electrons. The van der Waals surface area contributed by atoms with E-state index in [1.54, 1.807) is 37.3 Å². The van der Waals surface area contributed by atoms with Crippen molar-refractivity contribution in [3.05, 3.63) is 35.9 Å². The van der Waals surface area contributed by atoms with Gasteiger partial charge in [0.1, 0.15) is 6.04 Å². The fourth-order valence-corrected chi connectivity index (χ4v) is 1.38. The minimum absolute atomic E-state index is 0.266. The molecule has 0 saturated carbocycles. The fourth-order valence-electron chi connectivity index (χ4n) is 1.38. The number of rotatable bonds is 5. The van der Waals surface area contributed by atoms with E-state index in [4.69, 9.17) is 5.11 Å². The normalized spacial score (nSPS) is 13.8. The molecule has 0 saturated heterocycles. The van der Waals surface area contributed by atoms with Crippen LogP contribution in [0.5, 0.6) is 0 Å². The van der Waals surface area contributed by atoms with Crippen LogP contribution in [-0.4, -0.2) is 28.1 Å². The smallest absolute Gasteiger partial charge is 0.326 e. The molecule has 1 amide bonds. The monoisotopic (exact) mass is 237 g/mol. The number of aliphatic hydroxyl groups excluding tert-OH is 1. The number of hydrogen-bond donors (Lipinski definition) is 3. The van der Waals surface area contributed by atoms with Gasteiger partial charge in [0, 0.05) is 0 Å². The first kappa shape index (κ1) is 13.2. The first-order valence-corrected chi connectivity index (χ1v) is 5.32. The predicted octanol–water partition coefficient (Wildman–Crippen LogP) is 0.699. The third-order valence-corrected chi connectivity index (χ3v) is 2.39. The third kappa shape index (κ3) is 3.57. The standard InChI is InChI=1S/C12H15NO4/c1-2-9(12(16)17)13-11(15)10(14)8-6-4-3-5-7-8/h3-7,9-10,14H,2H2,1H3,(H,13,15)(H,16,17)/t9-,10-/m1/s1. The average molecular weight is 237 g/mol. The zero-order valence-corrected chi connectivity index (χ0v) is 9.46. The highest BCUT2D eigenvalue weighted by Crippen LogP contribution is 2.12. The van der Waals surface area contributed by atoms with E-state index in [1.165, 1.54) is 0 Å². The number of amides is 1. The lowest BCUT2D eigenvalue weighted by Crippen LogP contribution is -2.42. The minimum Gasteiger partial charge on any atom is -0.480 e. The van der Waals surface area contributed by atoms with Crippen LogP contribution in [0.3, 0.4) is 0 Å². The number of carbonyl (C=O) groups is 2. The molecule has 1 rings (SSSR count). The Morgan fingerprint density at radius 2 is 1.88 bits per heavy atom. The van der Waals surface area contributed by atoms with Crippen molar-refractivity contribution in [1.82, 2.24) is 5.32 Å². The van der Waals surface area contributed by atoms with E-state index in [9.17, 15) is 14.7 Å². The summed E-state index contributed by atoms with van der Waals surface area (Å²) in [7, 11) is 0. The van der Waals surface area contributed by atoms with Gasteiger partial charge in [0.2, 0.25) is 0 Å². The van der Waals surface area contributed by atoms with E-state index in [1.807, 2.05) is 0 Å². The SMILES string of the molecule is CC[C@@H](NC(=O)[C@H](O)c1ccccc1)C(=O)O. The second-order valence-electron chi connectivity index (χ2n) is 3.62. The molecule has 0 bridgehead atoms. The summed E-state index contributed by atoms with van der Waals surface area (Å²) in [4.78, 5) is 22.3. The molecule has 3 N–H and O–H groups in total. The van der Waals surface area contributed by atoms with E-state index in [-0.39, 0.29) is 6.42 Å². The Labute approximate surface area is 99.1 Å². The second kappa shape index (κ2) is 6.00.